The van der Waals surface area contributed by atoms with Gasteiger partial charge in [0.25, 0.3) is 11.6 Å². The summed E-state index contributed by atoms with van der Waals surface area (Å²) in [7, 11) is 0. The summed E-state index contributed by atoms with van der Waals surface area (Å²) in [6, 6.07) is 10.9. The van der Waals surface area contributed by atoms with Crippen molar-refractivity contribution in [3.05, 3.63) is 73.7 Å². The summed E-state index contributed by atoms with van der Waals surface area (Å²) in [5.41, 5.74) is 0.776. The second kappa shape index (κ2) is 9.12. The van der Waals surface area contributed by atoms with Crippen LogP contribution in [0.15, 0.2) is 53.0 Å². The lowest BCUT2D eigenvalue weighted by molar-refractivity contribution is -0.384. The zero-order valence-corrected chi connectivity index (χ0v) is 15.5. The van der Waals surface area contributed by atoms with E-state index in [1.807, 2.05) is 18.2 Å². The van der Waals surface area contributed by atoms with E-state index in [1.54, 1.807) is 12.1 Å². The first-order valence-corrected chi connectivity index (χ1v) is 8.36. The molecule has 1 N–H and O–H groups in total. The van der Waals surface area contributed by atoms with Crippen LogP contribution in [-0.2, 0) is 14.3 Å². The van der Waals surface area contributed by atoms with Crippen molar-refractivity contribution >= 4 is 56.9 Å². The molecule has 0 bridgehead atoms. The molecule has 2 aromatic carbocycles. The van der Waals surface area contributed by atoms with E-state index < -0.39 is 23.4 Å². The zero-order chi connectivity index (χ0) is 19.1. The number of non-ortho nitro benzene ring substituents is 1. The van der Waals surface area contributed by atoms with E-state index in [2.05, 4.69) is 21.2 Å². The van der Waals surface area contributed by atoms with Gasteiger partial charge in [0.15, 0.2) is 6.61 Å². The van der Waals surface area contributed by atoms with E-state index in [0.29, 0.717) is 0 Å². The van der Waals surface area contributed by atoms with E-state index in [0.717, 1.165) is 16.1 Å². The number of esters is 1. The molecule has 0 aromatic heterocycles. The Kier molecular flexibility index (Phi) is 6.88. The molecule has 0 unspecified atom stereocenters. The number of nitrogens with zero attached hydrogens (tertiary/aromatic N) is 1. The van der Waals surface area contributed by atoms with Gasteiger partial charge < -0.3 is 10.1 Å². The van der Waals surface area contributed by atoms with Gasteiger partial charge in [-0.3, -0.25) is 14.9 Å². The van der Waals surface area contributed by atoms with Gasteiger partial charge in [0.1, 0.15) is 0 Å². The van der Waals surface area contributed by atoms with Crippen molar-refractivity contribution < 1.29 is 19.2 Å². The number of halogens is 2. The number of nitro benzene ring substituents is 1. The minimum atomic E-state index is -0.685. The number of benzene rings is 2. The predicted molar refractivity (Wildman–Crippen MR) is 101 cm³/mol. The standard InChI is InChI=1S/C17H12BrClN2O5/c18-12-3-1-2-11(8-12)4-7-17(23)26-10-16(22)20-15-6-5-13(21(24)25)9-14(15)19/h1-9H,10H2,(H,20,22)/b7-4+. The van der Waals surface area contributed by atoms with E-state index >= 15 is 0 Å². The van der Waals surface area contributed by atoms with Crippen LogP contribution in [-0.4, -0.2) is 23.4 Å². The molecule has 1 amide bonds. The first-order chi connectivity index (χ1) is 12.3. The maximum absolute atomic E-state index is 11.8. The van der Waals surface area contributed by atoms with Gasteiger partial charge in [-0.1, -0.05) is 39.7 Å². The number of hydrogen-bond acceptors (Lipinski definition) is 5. The van der Waals surface area contributed by atoms with Gasteiger partial charge >= 0.3 is 5.97 Å². The zero-order valence-electron chi connectivity index (χ0n) is 13.1. The summed E-state index contributed by atoms with van der Waals surface area (Å²) in [6.07, 6.45) is 2.76. The number of carbonyl (C=O) groups is 2. The van der Waals surface area contributed by atoms with Crippen LogP contribution < -0.4 is 5.32 Å². The number of nitrogens with one attached hydrogen (secondary N) is 1. The van der Waals surface area contributed by atoms with Gasteiger partial charge in [0.2, 0.25) is 0 Å². The van der Waals surface area contributed by atoms with Crippen LogP contribution in [0.25, 0.3) is 6.08 Å². The van der Waals surface area contributed by atoms with Crippen molar-refractivity contribution in [3.63, 3.8) is 0 Å². The minimum absolute atomic E-state index is 0.00780. The Labute approximate surface area is 161 Å². The molecule has 0 radical (unpaired) electrons. The fourth-order valence-electron chi connectivity index (χ4n) is 1.86. The molecule has 0 saturated heterocycles. The lowest BCUT2D eigenvalue weighted by Gasteiger charge is -2.07. The molecular formula is C17H12BrClN2O5. The maximum Gasteiger partial charge on any atom is 0.331 e. The predicted octanol–water partition coefficient (Wildman–Crippen LogP) is 4.21. The Morgan fingerprint density at radius 3 is 2.69 bits per heavy atom. The lowest BCUT2D eigenvalue weighted by atomic mass is 10.2. The number of ether oxygens (including phenoxy) is 1. The molecule has 9 heteroatoms. The Morgan fingerprint density at radius 1 is 1.27 bits per heavy atom. The second-order valence-corrected chi connectivity index (χ2v) is 6.29. The third-order valence-electron chi connectivity index (χ3n) is 3.04. The molecule has 2 aromatic rings. The lowest BCUT2D eigenvalue weighted by Crippen LogP contribution is -2.20. The van der Waals surface area contributed by atoms with E-state index in [1.165, 1.54) is 18.2 Å². The van der Waals surface area contributed by atoms with Gasteiger partial charge in [-0.25, -0.2) is 4.79 Å². The Morgan fingerprint density at radius 2 is 2.04 bits per heavy atom. The highest BCUT2D eigenvalue weighted by Gasteiger charge is 2.12. The summed E-state index contributed by atoms with van der Waals surface area (Å²) in [5, 5.41) is 13.1. The molecular weight excluding hydrogens is 428 g/mol. The minimum Gasteiger partial charge on any atom is -0.452 e. The summed E-state index contributed by atoms with van der Waals surface area (Å²) in [4.78, 5) is 33.5. The Balaban J connectivity index is 1.86. The number of hydrogen-bond donors (Lipinski definition) is 1. The average molecular weight is 440 g/mol. The van der Waals surface area contributed by atoms with Crippen LogP contribution in [0.1, 0.15) is 5.56 Å². The third kappa shape index (κ3) is 5.98. The molecule has 0 fully saturated rings. The van der Waals surface area contributed by atoms with Crippen molar-refractivity contribution in [1.82, 2.24) is 0 Å². The first-order valence-electron chi connectivity index (χ1n) is 7.19. The summed E-state index contributed by atoms with van der Waals surface area (Å²) in [5.74, 6) is -1.31. The van der Waals surface area contributed by atoms with Gasteiger partial charge in [-0.2, -0.15) is 0 Å². The van der Waals surface area contributed by atoms with Crippen LogP contribution >= 0.6 is 27.5 Å². The molecule has 0 aliphatic carbocycles. The number of carbonyl (C=O) groups excluding carboxylic acids is 2. The molecule has 0 saturated carbocycles. The fourth-order valence-corrected chi connectivity index (χ4v) is 2.50. The molecule has 134 valence electrons. The number of rotatable bonds is 6. The normalized spacial score (nSPS) is 10.5. The molecule has 0 aliphatic heterocycles. The van der Waals surface area contributed by atoms with Crippen molar-refractivity contribution in [2.75, 3.05) is 11.9 Å². The summed E-state index contributed by atoms with van der Waals surface area (Å²) < 4.78 is 5.70. The third-order valence-corrected chi connectivity index (χ3v) is 3.85. The van der Waals surface area contributed by atoms with Crippen LogP contribution in [0, 0.1) is 10.1 Å². The Hall–Kier alpha value is -2.71. The highest BCUT2D eigenvalue weighted by molar-refractivity contribution is 9.10. The van der Waals surface area contributed by atoms with E-state index in [9.17, 15) is 19.7 Å². The Bertz CT molecular complexity index is 885. The monoisotopic (exact) mass is 438 g/mol. The molecule has 7 nitrogen and oxygen atoms in total. The van der Waals surface area contributed by atoms with Crippen LogP contribution in [0.3, 0.4) is 0 Å². The van der Waals surface area contributed by atoms with E-state index in [-0.39, 0.29) is 16.4 Å². The summed E-state index contributed by atoms with van der Waals surface area (Å²) in [6.45, 7) is -0.519. The fraction of sp³-hybridized carbons (Fsp3) is 0.0588. The molecule has 0 aliphatic rings. The molecule has 0 spiro atoms. The van der Waals surface area contributed by atoms with Gasteiger partial charge in [-0.05, 0) is 29.8 Å². The number of amides is 1. The van der Waals surface area contributed by atoms with Crippen molar-refractivity contribution in [2.45, 2.75) is 0 Å². The van der Waals surface area contributed by atoms with Gasteiger partial charge in [0.05, 0.1) is 15.6 Å². The molecule has 2 rings (SSSR count). The van der Waals surface area contributed by atoms with Crippen molar-refractivity contribution in [3.8, 4) is 0 Å². The maximum atomic E-state index is 11.8. The largest absolute Gasteiger partial charge is 0.452 e. The van der Waals surface area contributed by atoms with Gasteiger partial charge in [-0.15, -0.1) is 0 Å². The SMILES string of the molecule is O=C(COC(=O)/C=C/c1cccc(Br)c1)Nc1ccc([N+](=O)[O-])cc1Cl. The molecule has 0 heterocycles. The number of nitro groups is 1. The average Bonchev–Trinajstić information content (AvgIpc) is 2.60. The topological polar surface area (TPSA) is 98.5 Å². The second-order valence-electron chi connectivity index (χ2n) is 4.97. The molecule has 26 heavy (non-hydrogen) atoms. The van der Waals surface area contributed by atoms with E-state index in [4.69, 9.17) is 16.3 Å². The van der Waals surface area contributed by atoms with Crippen molar-refractivity contribution in [1.29, 1.82) is 0 Å². The van der Waals surface area contributed by atoms with Crippen LogP contribution in [0.5, 0.6) is 0 Å². The van der Waals surface area contributed by atoms with Crippen LogP contribution in [0.4, 0.5) is 11.4 Å². The first kappa shape index (κ1) is 19.6. The number of anilines is 1. The van der Waals surface area contributed by atoms with Gasteiger partial charge in [0, 0.05) is 22.7 Å². The highest BCUT2D eigenvalue weighted by atomic mass is 79.9. The van der Waals surface area contributed by atoms with Crippen molar-refractivity contribution in [2.24, 2.45) is 0 Å². The summed E-state index contributed by atoms with van der Waals surface area (Å²) >= 11 is 9.19. The molecule has 0 atom stereocenters. The quantitative estimate of drug-likeness (QED) is 0.315. The highest BCUT2D eigenvalue weighted by Crippen LogP contribution is 2.26. The van der Waals surface area contributed by atoms with Crippen LogP contribution in [0.2, 0.25) is 5.02 Å². The smallest absolute Gasteiger partial charge is 0.331 e.